The van der Waals surface area contributed by atoms with E-state index < -0.39 is 0 Å². The number of carbonyl (C=O) groups excluding carboxylic acids is 1. The third kappa shape index (κ3) is 6.05. The molecule has 5 nitrogen and oxygen atoms in total. The Kier molecular flexibility index (Phi) is 7.31. The lowest BCUT2D eigenvalue weighted by atomic mass is 9.89. The zero-order chi connectivity index (χ0) is 16.8. The molecule has 0 amide bonds. The molecule has 0 aliphatic carbocycles. The molecule has 5 heteroatoms. The Morgan fingerprint density at radius 2 is 1.91 bits per heavy atom. The first-order valence-corrected chi connectivity index (χ1v) is 9.05. The van der Waals surface area contributed by atoms with E-state index in [-0.39, 0.29) is 42.9 Å². The van der Waals surface area contributed by atoms with Crippen LogP contribution in [0.4, 0.5) is 0 Å². The summed E-state index contributed by atoms with van der Waals surface area (Å²) >= 11 is 0. The number of hydrogen-bond acceptors (Lipinski definition) is 5. The molecule has 2 heterocycles. The Bertz CT molecular complexity index is 372. The van der Waals surface area contributed by atoms with Gasteiger partial charge < -0.3 is 19.3 Å². The SMILES string of the molecule is CCC[C@H]1C[C@@H](OC)C[C@H](C)C[C@@H]2C[C@H](O)C[C@H](CC(=O)O1)O2. The summed E-state index contributed by atoms with van der Waals surface area (Å²) in [6.45, 7) is 4.30. The highest BCUT2D eigenvalue weighted by Crippen LogP contribution is 2.30. The van der Waals surface area contributed by atoms with Crippen LogP contribution in [0.3, 0.4) is 0 Å². The molecular formula is C18H32O5. The summed E-state index contributed by atoms with van der Waals surface area (Å²) in [7, 11) is 1.73. The van der Waals surface area contributed by atoms with E-state index in [4.69, 9.17) is 14.2 Å². The number of aliphatic hydroxyl groups excluding tert-OH is 1. The first kappa shape index (κ1) is 18.7. The largest absolute Gasteiger partial charge is 0.462 e. The average molecular weight is 328 g/mol. The first-order valence-electron chi connectivity index (χ1n) is 9.05. The number of methoxy groups -OCH3 is 1. The second kappa shape index (κ2) is 9.00. The lowest BCUT2D eigenvalue weighted by Crippen LogP contribution is -2.39. The van der Waals surface area contributed by atoms with Crippen LogP contribution in [0.1, 0.15) is 65.2 Å². The topological polar surface area (TPSA) is 65.0 Å². The molecule has 0 aromatic heterocycles. The van der Waals surface area contributed by atoms with Crippen molar-refractivity contribution in [2.75, 3.05) is 7.11 Å². The average Bonchev–Trinajstić information content (AvgIpc) is 2.44. The number of carbonyl (C=O) groups is 1. The van der Waals surface area contributed by atoms with Crippen molar-refractivity contribution in [2.45, 2.75) is 95.7 Å². The van der Waals surface area contributed by atoms with E-state index >= 15 is 0 Å². The summed E-state index contributed by atoms with van der Waals surface area (Å²) < 4.78 is 17.3. The van der Waals surface area contributed by atoms with Crippen molar-refractivity contribution in [1.29, 1.82) is 0 Å². The fourth-order valence-electron chi connectivity index (χ4n) is 3.91. The van der Waals surface area contributed by atoms with Gasteiger partial charge in [0.25, 0.3) is 0 Å². The molecule has 0 unspecified atom stereocenters. The molecule has 2 aliphatic heterocycles. The van der Waals surface area contributed by atoms with E-state index in [1.165, 1.54) is 0 Å². The second-order valence-electron chi connectivity index (χ2n) is 7.28. The van der Waals surface area contributed by atoms with Gasteiger partial charge in [0.1, 0.15) is 6.10 Å². The minimum Gasteiger partial charge on any atom is -0.462 e. The molecule has 134 valence electrons. The molecule has 0 spiro atoms. The molecule has 1 N–H and O–H groups in total. The van der Waals surface area contributed by atoms with Gasteiger partial charge in [0.05, 0.1) is 30.8 Å². The Morgan fingerprint density at radius 1 is 1.17 bits per heavy atom. The van der Waals surface area contributed by atoms with E-state index in [0.717, 1.165) is 32.1 Å². The van der Waals surface area contributed by atoms with E-state index in [1.807, 2.05) is 0 Å². The molecule has 0 saturated carbocycles. The third-order valence-electron chi connectivity index (χ3n) is 4.95. The molecule has 0 radical (unpaired) electrons. The van der Waals surface area contributed by atoms with Crippen molar-refractivity contribution in [3.63, 3.8) is 0 Å². The Balaban J connectivity index is 2.09. The highest BCUT2D eigenvalue weighted by Gasteiger charge is 2.33. The molecular weight excluding hydrogens is 296 g/mol. The number of aliphatic hydroxyl groups is 1. The maximum atomic E-state index is 12.2. The molecule has 2 aliphatic rings. The summed E-state index contributed by atoms with van der Waals surface area (Å²) in [5.41, 5.74) is 0. The predicted octanol–water partition coefficient (Wildman–Crippen LogP) is 2.83. The maximum Gasteiger partial charge on any atom is 0.308 e. The number of esters is 1. The van der Waals surface area contributed by atoms with Crippen molar-refractivity contribution < 1.29 is 24.1 Å². The highest BCUT2D eigenvalue weighted by atomic mass is 16.6. The minimum absolute atomic E-state index is 0.0231. The molecule has 2 fully saturated rings. The molecule has 0 aromatic carbocycles. The monoisotopic (exact) mass is 328 g/mol. The van der Waals surface area contributed by atoms with Crippen LogP contribution in [0.15, 0.2) is 0 Å². The quantitative estimate of drug-likeness (QED) is 0.807. The van der Waals surface area contributed by atoms with Gasteiger partial charge in [0.15, 0.2) is 0 Å². The van der Waals surface area contributed by atoms with Gasteiger partial charge >= 0.3 is 5.97 Å². The van der Waals surface area contributed by atoms with E-state index in [9.17, 15) is 9.90 Å². The molecule has 23 heavy (non-hydrogen) atoms. The zero-order valence-corrected chi connectivity index (χ0v) is 14.7. The van der Waals surface area contributed by atoms with Gasteiger partial charge in [0, 0.05) is 20.0 Å². The molecule has 2 rings (SSSR count). The summed E-state index contributed by atoms with van der Waals surface area (Å²) in [6, 6.07) is 0. The fraction of sp³-hybridized carbons (Fsp3) is 0.944. The van der Waals surface area contributed by atoms with Crippen LogP contribution in [0.25, 0.3) is 0 Å². The van der Waals surface area contributed by atoms with Gasteiger partial charge in [-0.3, -0.25) is 4.79 Å². The van der Waals surface area contributed by atoms with Crippen LogP contribution in [0.2, 0.25) is 0 Å². The minimum atomic E-state index is -0.383. The molecule has 2 saturated heterocycles. The predicted molar refractivity (Wildman–Crippen MR) is 87.1 cm³/mol. The third-order valence-corrected chi connectivity index (χ3v) is 4.95. The number of ether oxygens (including phenoxy) is 3. The second-order valence-corrected chi connectivity index (χ2v) is 7.28. The Labute approximate surface area is 139 Å². The number of cyclic esters (lactones) is 1. The Hall–Kier alpha value is -0.650. The van der Waals surface area contributed by atoms with Crippen LogP contribution in [-0.4, -0.2) is 48.7 Å². The van der Waals surface area contributed by atoms with Crippen LogP contribution in [-0.2, 0) is 19.0 Å². The summed E-state index contributed by atoms with van der Waals surface area (Å²) in [4.78, 5) is 12.2. The standard InChI is InChI=1S/C18H32O5/c1-4-5-14-10-15(21-3)6-12(2)7-16-8-13(19)9-17(22-16)11-18(20)23-14/h12-17,19H,4-11H2,1-3H3/t12-,13-,14-,15-,16+,17+/m0/s1. The van der Waals surface area contributed by atoms with Gasteiger partial charge in [-0.05, 0) is 31.6 Å². The van der Waals surface area contributed by atoms with Crippen LogP contribution in [0, 0.1) is 5.92 Å². The Morgan fingerprint density at radius 3 is 2.61 bits per heavy atom. The lowest BCUT2D eigenvalue weighted by Gasteiger charge is -2.36. The van der Waals surface area contributed by atoms with Gasteiger partial charge in [-0.25, -0.2) is 0 Å². The number of fused-ring (bicyclic) bond motifs is 2. The van der Waals surface area contributed by atoms with Gasteiger partial charge in [0.2, 0.25) is 0 Å². The zero-order valence-electron chi connectivity index (χ0n) is 14.7. The fourth-order valence-corrected chi connectivity index (χ4v) is 3.91. The van der Waals surface area contributed by atoms with E-state index in [0.29, 0.717) is 18.8 Å². The normalized spacial score (nSPS) is 39.9. The van der Waals surface area contributed by atoms with Crippen molar-refractivity contribution >= 4 is 5.97 Å². The number of rotatable bonds is 3. The van der Waals surface area contributed by atoms with Gasteiger partial charge in [-0.15, -0.1) is 0 Å². The van der Waals surface area contributed by atoms with E-state index in [1.54, 1.807) is 7.11 Å². The highest BCUT2D eigenvalue weighted by molar-refractivity contribution is 5.70. The van der Waals surface area contributed by atoms with Crippen LogP contribution < -0.4 is 0 Å². The molecule has 2 bridgehead atoms. The number of hydrogen-bond donors (Lipinski definition) is 1. The lowest BCUT2D eigenvalue weighted by molar-refractivity contribution is -0.162. The maximum absolute atomic E-state index is 12.2. The molecule has 0 aromatic rings. The van der Waals surface area contributed by atoms with E-state index in [2.05, 4.69) is 13.8 Å². The summed E-state index contributed by atoms with van der Waals surface area (Å²) in [5, 5.41) is 10.1. The van der Waals surface area contributed by atoms with Crippen LogP contribution in [0.5, 0.6) is 0 Å². The summed E-state index contributed by atoms with van der Waals surface area (Å²) in [6.07, 6.45) is 5.28. The van der Waals surface area contributed by atoms with Crippen molar-refractivity contribution in [2.24, 2.45) is 5.92 Å². The molecule has 6 atom stereocenters. The van der Waals surface area contributed by atoms with Crippen LogP contribution >= 0.6 is 0 Å². The summed E-state index contributed by atoms with van der Waals surface area (Å²) in [5.74, 6) is 0.234. The van der Waals surface area contributed by atoms with Crippen molar-refractivity contribution in [3.8, 4) is 0 Å². The van der Waals surface area contributed by atoms with Gasteiger partial charge in [-0.2, -0.15) is 0 Å². The van der Waals surface area contributed by atoms with Gasteiger partial charge in [-0.1, -0.05) is 20.3 Å². The van der Waals surface area contributed by atoms with Crippen molar-refractivity contribution in [3.05, 3.63) is 0 Å². The smallest absolute Gasteiger partial charge is 0.308 e. The first-order chi connectivity index (χ1) is 11.0. The van der Waals surface area contributed by atoms with Crippen molar-refractivity contribution in [1.82, 2.24) is 0 Å².